The van der Waals surface area contributed by atoms with Crippen LogP contribution in [0.25, 0.3) is 10.9 Å². The van der Waals surface area contributed by atoms with Crippen molar-refractivity contribution in [2.75, 3.05) is 13.2 Å². The third kappa shape index (κ3) is 2.99. The number of rotatable bonds is 3. The highest BCUT2D eigenvalue weighted by atomic mass is 32.2. The number of nitrogens with zero attached hydrogens (tertiary/aromatic N) is 1. The second-order valence-electron chi connectivity index (χ2n) is 4.96. The lowest BCUT2D eigenvalue weighted by atomic mass is 10.1. The molecule has 0 aliphatic carbocycles. The summed E-state index contributed by atoms with van der Waals surface area (Å²) in [6.07, 6.45) is 3.42. The van der Waals surface area contributed by atoms with E-state index in [1.807, 2.05) is 0 Å². The highest BCUT2D eigenvalue weighted by molar-refractivity contribution is 7.89. The van der Waals surface area contributed by atoms with Gasteiger partial charge in [-0.3, -0.25) is 4.98 Å². The summed E-state index contributed by atoms with van der Waals surface area (Å²) in [5.41, 5.74) is 0.495. The molecule has 0 radical (unpaired) electrons. The van der Waals surface area contributed by atoms with E-state index < -0.39 is 10.0 Å². The number of pyridine rings is 1. The van der Waals surface area contributed by atoms with Gasteiger partial charge >= 0.3 is 0 Å². The van der Waals surface area contributed by atoms with Crippen LogP contribution in [0.1, 0.15) is 12.8 Å². The number of benzene rings is 1. The van der Waals surface area contributed by atoms with Crippen LogP contribution in [0.15, 0.2) is 35.4 Å². The first-order valence-corrected chi connectivity index (χ1v) is 8.25. The standard InChI is InChI=1S/C14H16N2O4S/c15-21(17,18)13-6-5-12(14-11(13)4-1-7-16-14)20-10-3-2-8-19-9-10/h1,4-7,10H,2-3,8-9H2,(H2,15,17,18). The molecule has 1 unspecified atom stereocenters. The minimum Gasteiger partial charge on any atom is -0.486 e. The molecule has 112 valence electrons. The van der Waals surface area contributed by atoms with Crippen LogP contribution in [0.5, 0.6) is 5.75 Å². The smallest absolute Gasteiger partial charge is 0.238 e. The van der Waals surface area contributed by atoms with Crippen LogP contribution >= 0.6 is 0 Å². The molecular formula is C14H16N2O4S. The number of fused-ring (bicyclic) bond motifs is 1. The van der Waals surface area contributed by atoms with E-state index in [2.05, 4.69) is 4.98 Å². The first-order valence-electron chi connectivity index (χ1n) is 6.70. The summed E-state index contributed by atoms with van der Waals surface area (Å²) in [4.78, 5) is 4.29. The van der Waals surface area contributed by atoms with Gasteiger partial charge < -0.3 is 9.47 Å². The molecule has 3 rings (SSSR count). The first-order chi connectivity index (χ1) is 10.1. The molecule has 1 atom stereocenters. The second-order valence-corrected chi connectivity index (χ2v) is 6.49. The van der Waals surface area contributed by atoms with Crippen molar-refractivity contribution in [3.8, 4) is 5.75 Å². The van der Waals surface area contributed by atoms with E-state index in [-0.39, 0.29) is 11.0 Å². The van der Waals surface area contributed by atoms with Crippen molar-refractivity contribution < 1.29 is 17.9 Å². The lowest BCUT2D eigenvalue weighted by Crippen LogP contribution is -2.28. The molecule has 0 saturated carbocycles. The van der Waals surface area contributed by atoms with Crippen molar-refractivity contribution in [3.05, 3.63) is 30.5 Å². The fourth-order valence-corrected chi connectivity index (χ4v) is 3.18. The average molecular weight is 308 g/mol. The SMILES string of the molecule is NS(=O)(=O)c1ccc(OC2CCCOC2)c2ncccc12. The third-order valence-corrected chi connectivity index (χ3v) is 4.38. The minimum absolute atomic E-state index is 0.0377. The first kappa shape index (κ1) is 14.2. The zero-order valence-corrected chi connectivity index (χ0v) is 12.2. The fourth-order valence-electron chi connectivity index (χ4n) is 2.45. The number of hydrogen-bond acceptors (Lipinski definition) is 5. The molecule has 1 aromatic carbocycles. The summed E-state index contributed by atoms with van der Waals surface area (Å²) in [6, 6.07) is 6.40. The maximum atomic E-state index is 11.6. The van der Waals surface area contributed by atoms with E-state index in [0.29, 0.717) is 23.3 Å². The molecule has 21 heavy (non-hydrogen) atoms. The van der Waals surface area contributed by atoms with Gasteiger partial charge in [-0.2, -0.15) is 0 Å². The molecule has 1 fully saturated rings. The van der Waals surface area contributed by atoms with Gasteiger partial charge in [0.15, 0.2) is 0 Å². The molecule has 1 aliphatic rings. The average Bonchev–Trinajstić information content (AvgIpc) is 2.47. The summed E-state index contributed by atoms with van der Waals surface area (Å²) in [5.74, 6) is 0.550. The van der Waals surface area contributed by atoms with Crippen molar-refractivity contribution in [1.29, 1.82) is 0 Å². The Morgan fingerprint density at radius 1 is 1.33 bits per heavy atom. The van der Waals surface area contributed by atoms with Gasteiger partial charge in [0.2, 0.25) is 10.0 Å². The van der Waals surface area contributed by atoms with Crippen LogP contribution in [-0.4, -0.2) is 32.7 Å². The number of nitrogens with two attached hydrogens (primary N) is 1. The summed E-state index contributed by atoms with van der Waals surface area (Å²) in [5, 5.41) is 5.71. The predicted octanol–water partition coefficient (Wildman–Crippen LogP) is 1.44. The van der Waals surface area contributed by atoms with Gasteiger partial charge in [-0.25, -0.2) is 13.6 Å². The molecule has 0 spiro atoms. The molecule has 7 heteroatoms. The Hall–Kier alpha value is -1.70. The Morgan fingerprint density at radius 3 is 2.90 bits per heavy atom. The Balaban J connectivity index is 2.04. The number of primary sulfonamides is 1. The zero-order chi connectivity index (χ0) is 14.9. The highest BCUT2D eigenvalue weighted by Gasteiger charge is 2.20. The molecule has 1 aromatic heterocycles. The summed E-state index contributed by atoms with van der Waals surface area (Å²) in [6.45, 7) is 1.29. The van der Waals surface area contributed by atoms with Crippen molar-refractivity contribution in [2.24, 2.45) is 5.14 Å². The molecule has 6 nitrogen and oxygen atoms in total. The van der Waals surface area contributed by atoms with Crippen molar-refractivity contribution in [2.45, 2.75) is 23.8 Å². The van der Waals surface area contributed by atoms with Crippen LogP contribution in [-0.2, 0) is 14.8 Å². The van der Waals surface area contributed by atoms with Crippen molar-refractivity contribution in [3.63, 3.8) is 0 Å². The lowest BCUT2D eigenvalue weighted by Gasteiger charge is -2.23. The molecule has 1 aliphatic heterocycles. The van der Waals surface area contributed by atoms with E-state index in [4.69, 9.17) is 14.6 Å². The van der Waals surface area contributed by atoms with Crippen molar-refractivity contribution >= 4 is 20.9 Å². The monoisotopic (exact) mass is 308 g/mol. The van der Waals surface area contributed by atoms with Gasteiger partial charge in [-0.15, -0.1) is 0 Å². The van der Waals surface area contributed by atoms with E-state index in [0.717, 1.165) is 19.4 Å². The Bertz CT molecular complexity index is 755. The van der Waals surface area contributed by atoms with Gasteiger partial charge in [0.05, 0.1) is 11.5 Å². The minimum atomic E-state index is -3.80. The summed E-state index contributed by atoms with van der Waals surface area (Å²) >= 11 is 0. The van der Waals surface area contributed by atoms with Gasteiger partial charge in [-0.05, 0) is 37.1 Å². The molecule has 2 aromatic rings. The Labute approximate surface area is 122 Å². The Kier molecular flexibility index (Phi) is 3.79. The third-order valence-electron chi connectivity index (χ3n) is 3.41. The highest BCUT2D eigenvalue weighted by Crippen LogP contribution is 2.30. The van der Waals surface area contributed by atoms with E-state index >= 15 is 0 Å². The number of sulfonamides is 1. The predicted molar refractivity (Wildman–Crippen MR) is 77.6 cm³/mol. The van der Waals surface area contributed by atoms with Gasteiger partial charge in [-0.1, -0.05) is 0 Å². The number of ether oxygens (including phenoxy) is 2. The second kappa shape index (κ2) is 5.59. The quantitative estimate of drug-likeness (QED) is 0.926. The molecule has 1 saturated heterocycles. The van der Waals surface area contributed by atoms with Crippen molar-refractivity contribution in [1.82, 2.24) is 4.98 Å². The molecule has 0 amide bonds. The van der Waals surface area contributed by atoms with E-state index in [1.165, 1.54) is 6.07 Å². The zero-order valence-electron chi connectivity index (χ0n) is 11.4. The molecule has 0 bridgehead atoms. The largest absolute Gasteiger partial charge is 0.486 e. The molecule has 2 heterocycles. The number of hydrogen-bond donors (Lipinski definition) is 1. The molecule has 2 N–H and O–H groups in total. The normalized spacial score (nSPS) is 19.6. The molecular weight excluding hydrogens is 292 g/mol. The summed E-state index contributed by atoms with van der Waals surface area (Å²) < 4.78 is 34.6. The number of aromatic nitrogens is 1. The fraction of sp³-hybridized carbons (Fsp3) is 0.357. The lowest BCUT2D eigenvalue weighted by molar-refractivity contribution is 0.00799. The van der Waals surface area contributed by atoms with Gasteiger partial charge in [0, 0.05) is 18.2 Å². The van der Waals surface area contributed by atoms with Crippen LogP contribution in [0.3, 0.4) is 0 Å². The summed E-state index contributed by atoms with van der Waals surface area (Å²) in [7, 11) is -3.80. The van der Waals surface area contributed by atoms with Gasteiger partial charge in [0.25, 0.3) is 0 Å². The van der Waals surface area contributed by atoms with Crippen LogP contribution in [0, 0.1) is 0 Å². The maximum Gasteiger partial charge on any atom is 0.238 e. The Morgan fingerprint density at radius 2 is 2.19 bits per heavy atom. The van der Waals surface area contributed by atoms with Crippen LogP contribution < -0.4 is 9.88 Å². The van der Waals surface area contributed by atoms with Crippen LogP contribution in [0.2, 0.25) is 0 Å². The van der Waals surface area contributed by atoms with Crippen LogP contribution in [0.4, 0.5) is 0 Å². The van der Waals surface area contributed by atoms with E-state index in [9.17, 15) is 8.42 Å². The topological polar surface area (TPSA) is 91.5 Å². The maximum absolute atomic E-state index is 11.6. The van der Waals surface area contributed by atoms with E-state index in [1.54, 1.807) is 24.4 Å². The van der Waals surface area contributed by atoms with Gasteiger partial charge in [0.1, 0.15) is 17.4 Å².